The van der Waals surface area contributed by atoms with Crippen LogP contribution in [0.1, 0.15) is 24.8 Å². The second kappa shape index (κ2) is 4.35. The van der Waals surface area contributed by atoms with Crippen LogP contribution in [0.3, 0.4) is 0 Å². The summed E-state index contributed by atoms with van der Waals surface area (Å²) in [5.74, 6) is -0.0930. The molecule has 0 spiro atoms. The Balaban J connectivity index is 2.32. The van der Waals surface area contributed by atoms with Gasteiger partial charge in [0.15, 0.2) is 0 Å². The first-order valence-corrected chi connectivity index (χ1v) is 6.22. The van der Waals surface area contributed by atoms with Crippen molar-refractivity contribution in [3.8, 4) is 0 Å². The van der Waals surface area contributed by atoms with Gasteiger partial charge in [0.25, 0.3) is 0 Å². The number of halogens is 1. The third-order valence-corrected chi connectivity index (χ3v) is 3.69. The van der Waals surface area contributed by atoms with E-state index >= 15 is 0 Å². The summed E-state index contributed by atoms with van der Waals surface area (Å²) >= 11 is 3.46. The highest BCUT2D eigenvalue weighted by Crippen LogP contribution is 2.37. The van der Waals surface area contributed by atoms with E-state index in [0.717, 1.165) is 18.4 Å². The van der Waals surface area contributed by atoms with Crippen LogP contribution in [0.2, 0.25) is 0 Å². The molecule has 1 saturated heterocycles. The van der Waals surface area contributed by atoms with Gasteiger partial charge in [-0.15, -0.1) is 0 Å². The average molecular weight is 269 g/mol. The van der Waals surface area contributed by atoms with Crippen molar-refractivity contribution in [3.05, 3.63) is 35.9 Å². The van der Waals surface area contributed by atoms with Crippen LogP contribution in [0.4, 0.5) is 0 Å². The number of ether oxygens (including phenoxy) is 1. The fraction of sp³-hybridized carbons (Fsp3) is 0.417. The molecule has 1 fully saturated rings. The van der Waals surface area contributed by atoms with Crippen LogP contribution in [0.15, 0.2) is 30.3 Å². The number of rotatable bonds is 2. The van der Waals surface area contributed by atoms with Crippen LogP contribution in [-0.2, 0) is 15.1 Å². The molecule has 2 nitrogen and oxygen atoms in total. The van der Waals surface area contributed by atoms with Crippen LogP contribution in [0, 0.1) is 0 Å². The molecule has 1 aliphatic rings. The van der Waals surface area contributed by atoms with Crippen LogP contribution < -0.4 is 0 Å². The SMILES string of the molecule is O=C1CCCC(CBr)(c2ccccc2)O1. The normalized spacial score (nSPS) is 26.1. The average Bonchev–Trinajstić information content (AvgIpc) is 2.30. The molecule has 1 aromatic rings. The minimum absolute atomic E-state index is 0.0930. The summed E-state index contributed by atoms with van der Waals surface area (Å²) < 4.78 is 5.52. The zero-order valence-corrected chi connectivity index (χ0v) is 10.00. The van der Waals surface area contributed by atoms with E-state index in [0.29, 0.717) is 11.8 Å². The molecule has 0 amide bonds. The number of hydrogen-bond donors (Lipinski definition) is 0. The minimum atomic E-state index is -0.448. The van der Waals surface area contributed by atoms with Gasteiger partial charge in [-0.25, -0.2) is 0 Å². The maximum Gasteiger partial charge on any atom is 0.306 e. The molecule has 1 aromatic carbocycles. The zero-order chi connectivity index (χ0) is 10.7. The Bertz CT molecular complexity index is 350. The van der Waals surface area contributed by atoms with Crippen molar-refractivity contribution in [1.82, 2.24) is 0 Å². The van der Waals surface area contributed by atoms with Gasteiger partial charge in [0.1, 0.15) is 5.60 Å². The van der Waals surface area contributed by atoms with E-state index in [1.54, 1.807) is 0 Å². The highest BCUT2D eigenvalue weighted by atomic mass is 79.9. The Morgan fingerprint density at radius 3 is 2.67 bits per heavy atom. The molecule has 0 N–H and O–H groups in total. The number of carbonyl (C=O) groups is 1. The van der Waals surface area contributed by atoms with Gasteiger partial charge in [-0.1, -0.05) is 46.3 Å². The van der Waals surface area contributed by atoms with Crippen molar-refractivity contribution in [3.63, 3.8) is 0 Å². The maximum absolute atomic E-state index is 11.4. The van der Waals surface area contributed by atoms with Gasteiger partial charge in [0, 0.05) is 11.8 Å². The molecule has 0 aromatic heterocycles. The van der Waals surface area contributed by atoms with Gasteiger partial charge >= 0.3 is 5.97 Å². The van der Waals surface area contributed by atoms with Gasteiger partial charge in [0.05, 0.1) is 0 Å². The molecule has 0 saturated carbocycles. The molecule has 1 aliphatic heterocycles. The summed E-state index contributed by atoms with van der Waals surface area (Å²) in [5.41, 5.74) is 0.631. The lowest BCUT2D eigenvalue weighted by Gasteiger charge is -2.35. The largest absolute Gasteiger partial charge is 0.453 e. The molecule has 1 atom stereocenters. The molecule has 0 bridgehead atoms. The van der Waals surface area contributed by atoms with E-state index in [4.69, 9.17) is 4.74 Å². The summed E-state index contributed by atoms with van der Waals surface area (Å²) in [5, 5.41) is 0.662. The highest BCUT2D eigenvalue weighted by molar-refractivity contribution is 9.09. The fourth-order valence-electron chi connectivity index (χ4n) is 1.95. The van der Waals surface area contributed by atoms with Crippen molar-refractivity contribution in [2.75, 3.05) is 5.33 Å². The minimum Gasteiger partial charge on any atom is -0.453 e. The third kappa shape index (κ3) is 2.07. The summed E-state index contributed by atoms with van der Waals surface area (Å²) in [6.45, 7) is 0. The predicted octanol–water partition coefficient (Wildman–Crippen LogP) is 3.00. The predicted molar refractivity (Wildman–Crippen MR) is 61.9 cm³/mol. The summed E-state index contributed by atoms with van der Waals surface area (Å²) in [7, 11) is 0. The van der Waals surface area contributed by atoms with E-state index in [9.17, 15) is 4.79 Å². The van der Waals surface area contributed by atoms with E-state index in [-0.39, 0.29) is 5.97 Å². The smallest absolute Gasteiger partial charge is 0.306 e. The zero-order valence-electron chi connectivity index (χ0n) is 8.41. The van der Waals surface area contributed by atoms with Gasteiger partial charge in [0.2, 0.25) is 0 Å². The fourth-order valence-corrected chi connectivity index (χ4v) is 2.67. The second-order valence-electron chi connectivity index (χ2n) is 3.82. The van der Waals surface area contributed by atoms with Gasteiger partial charge in [-0.2, -0.15) is 0 Å². The van der Waals surface area contributed by atoms with E-state index < -0.39 is 5.60 Å². The molecule has 80 valence electrons. The Hall–Kier alpha value is -0.830. The van der Waals surface area contributed by atoms with E-state index in [2.05, 4.69) is 15.9 Å². The summed E-state index contributed by atoms with van der Waals surface area (Å²) in [6.07, 6.45) is 2.34. The van der Waals surface area contributed by atoms with E-state index in [1.165, 1.54) is 0 Å². The van der Waals surface area contributed by atoms with Crippen molar-refractivity contribution in [2.24, 2.45) is 0 Å². The standard InChI is InChI=1S/C12H13BrO2/c13-9-12(8-4-7-11(14)15-12)10-5-2-1-3-6-10/h1-3,5-6H,4,7-9H2. The molecule has 0 aliphatic carbocycles. The monoisotopic (exact) mass is 268 g/mol. The van der Waals surface area contributed by atoms with Crippen LogP contribution >= 0.6 is 15.9 Å². The summed E-state index contributed by atoms with van der Waals surface area (Å²) in [6, 6.07) is 9.94. The van der Waals surface area contributed by atoms with E-state index in [1.807, 2.05) is 30.3 Å². The lowest BCUT2D eigenvalue weighted by atomic mass is 9.88. The summed E-state index contributed by atoms with van der Waals surface area (Å²) in [4.78, 5) is 11.4. The van der Waals surface area contributed by atoms with Crippen LogP contribution in [0.5, 0.6) is 0 Å². The lowest BCUT2D eigenvalue weighted by Crippen LogP contribution is -2.37. The second-order valence-corrected chi connectivity index (χ2v) is 4.38. The quantitative estimate of drug-likeness (QED) is 0.609. The maximum atomic E-state index is 11.4. The van der Waals surface area contributed by atoms with Crippen molar-refractivity contribution in [2.45, 2.75) is 24.9 Å². The Labute approximate surface area is 97.8 Å². The highest BCUT2D eigenvalue weighted by Gasteiger charge is 2.37. The molecular weight excluding hydrogens is 256 g/mol. The number of hydrogen-bond acceptors (Lipinski definition) is 2. The van der Waals surface area contributed by atoms with Gasteiger partial charge < -0.3 is 4.74 Å². The first-order chi connectivity index (χ1) is 7.27. The molecule has 0 radical (unpaired) electrons. The first-order valence-electron chi connectivity index (χ1n) is 5.10. The Kier molecular flexibility index (Phi) is 3.10. The first kappa shape index (κ1) is 10.7. The van der Waals surface area contributed by atoms with Gasteiger partial charge in [-0.05, 0) is 18.4 Å². The Morgan fingerprint density at radius 2 is 2.07 bits per heavy atom. The molecule has 15 heavy (non-hydrogen) atoms. The molecule has 2 rings (SSSR count). The van der Waals surface area contributed by atoms with Crippen molar-refractivity contribution >= 4 is 21.9 Å². The topological polar surface area (TPSA) is 26.3 Å². The number of cyclic esters (lactones) is 1. The van der Waals surface area contributed by atoms with Crippen LogP contribution in [0.25, 0.3) is 0 Å². The molecular formula is C12H13BrO2. The number of alkyl halides is 1. The Morgan fingerprint density at radius 1 is 1.33 bits per heavy atom. The molecule has 1 unspecified atom stereocenters. The third-order valence-electron chi connectivity index (χ3n) is 2.79. The number of carbonyl (C=O) groups excluding carboxylic acids is 1. The molecule has 3 heteroatoms. The van der Waals surface area contributed by atoms with Crippen molar-refractivity contribution in [1.29, 1.82) is 0 Å². The molecule has 1 heterocycles. The number of benzene rings is 1. The lowest BCUT2D eigenvalue weighted by molar-refractivity contribution is -0.165. The number of esters is 1. The van der Waals surface area contributed by atoms with Crippen LogP contribution in [-0.4, -0.2) is 11.3 Å². The van der Waals surface area contributed by atoms with Gasteiger partial charge in [-0.3, -0.25) is 4.79 Å². The van der Waals surface area contributed by atoms with Crippen molar-refractivity contribution < 1.29 is 9.53 Å².